The molecule has 14 nitrogen and oxygen atoms in total. The number of ether oxygens (including phenoxy) is 4. The summed E-state index contributed by atoms with van der Waals surface area (Å²) in [5, 5.41) is 87.1. The molecule has 0 bridgehead atoms. The van der Waals surface area contributed by atoms with Crippen molar-refractivity contribution in [3.05, 3.63) is 0 Å². The highest BCUT2D eigenvalue weighted by molar-refractivity contribution is 5.76. The molecule has 2 rings (SSSR count). The molecule has 2 fully saturated rings. The van der Waals surface area contributed by atoms with E-state index in [9.17, 15) is 45.6 Å². The Morgan fingerprint density at radius 1 is 0.457 bits per heavy atom. The monoisotopic (exact) mass is 1000 g/mol. The van der Waals surface area contributed by atoms with Crippen molar-refractivity contribution in [1.82, 2.24) is 5.32 Å². The number of nitrogens with one attached hydrogen (secondary N) is 1. The third-order valence-corrected chi connectivity index (χ3v) is 14.8. The Morgan fingerprint density at radius 2 is 0.814 bits per heavy atom. The maximum atomic E-state index is 13.2. The van der Waals surface area contributed by atoms with Crippen LogP contribution in [0.2, 0.25) is 0 Å². The summed E-state index contributed by atoms with van der Waals surface area (Å²) in [4.78, 5) is 13.2. The Balaban J connectivity index is 1.72. The summed E-state index contributed by atoms with van der Waals surface area (Å²) in [6.45, 7) is 2.88. The lowest BCUT2D eigenvalue weighted by Gasteiger charge is -2.46. The minimum Gasteiger partial charge on any atom is -0.394 e. The predicted octanol–water partition coefficient (Wildman–Crippen LogP) is 9.34. The van der Waals surface area contributed by atoms with Gasteiger partial charge in [-0.25, -0.2) is 0 Å². The van der Waals surface area contributed by atoms with Gasteiger partial charge < -0.3 is 65.1 Å². The number of aliphatic hydroxyl groups excluding tert-OH is 8. The molecule has 1 amide bonds. The average molecular weight is 1000 g/mol. The van der Waals surface area contributed by atoms with Crippen molar-refractivity contribution < 1.29 is 64.6 Å². The molecule has 0 aromatic rings. The SMILES string of the molecule is CCCCCCCCCCCCCCCCCCCCCCCCCC(=O)NC(COC1OC(CO)C(OC2OC(CO)C(O)C(O)C2O)C(O)C1O)C(O)CCCCCCCCCCCCCCC. The van der Waals surface area contributed by atoms with Crippen LogP contribution in [0, 0.1) is 0 Å². The molecule has 0 saturated carbocycles. The van der Waals surface area contributed by atoms with Crippen LogP contribution in [0.3, 0.4) is 0 Å². The second kappa shape index (κ2) is 43.3. The quantitative estimate of drug-likeness (QED) is 0.0259. The molecule has 12 atom stereocenters. The van der Waals surface area contributed by atoms with E-state index in [1.165, 1.54) is 180 Å². The summed E-state index contributed by atoms with van der Waals surface area (Å²) in [5.41, 5.74) is 0. The third kappa shape index (κ3) is 29.2. The number of amides is 1. The van der Waals surface area contributed by atoms with Gasteiger partial charge in [-0.1, -0.05) is 239 Å². The van der Waals surface area contributed by atoms with E-state index in [0.717, 1.165) is 51.4 Å². The van der Waals surface area contributed by atoms with Gasteiger partial charge in [0.2, 0.25) is 5.91 Å². The zero-order chi connectivity index (χ0) is 51.0. The van der Waals surface area contributed by atoms with Crippen LogP contribution in [0.4, 0.5) is 0 Å². The van der Waals surface area contributed by atoms with Crippen LogP contribution in [-0.4, -0.2) is 140 Å². The van der Waals surface area contributed by atoms with Gasteiger partial charge in [0.1, 0.15) is 48.8 Å². The zero-order valence-corrected chi connectivity index (χ0v) is 44.5. The topological polar surface area (TPSA) is 228 Å². The lowest BCUT2D eigenvalue weighted by atomic mass is 9.97. The normalized spacial score (nSPS) is 25.9. The first-order valence-electron chi connectivity index (χ1n) is 29.3. The summed E-state index contributed by atoms with van der Waals surface area (Å²) in [6.07, 6.45) is 29.6. The molecule has 416 valence electrons. The fourth-order valence-corrected chi connectivity index (χ4v) is 10.1. The first-order valence-corrected chi connectivity index (χ1v) is 29.3. The number of hydrogen-bond acceptors (Lipinski definition) is 13. The van der Waals surface area contributed by atoms with Crippen LogP contribution in [0.5, 0.6) is 0 Å². The second-order valence-corrected chi connectivity index (χ2v) is 21.1. The van der Waals surface area contributed by atoms with Crippen LogP contribution in [0.1, 0.15) is 258 Å². The van der Waals surface area contributed by atoms with Gasteiger partial charge in [0.25, 0.3) is 0 Å². The Morgan fingerprint density at radius 3 is 1.21 bits per heavy atom. The zero-order valence-electron chi connectivity index (χ0n) is 44.5. The first kappa shape index (κ1) is 65.1. The van der Waals surface area contributed by atoms with E-state index >= 15 is 0 Å². The van der Waals surface area contributed by atoms with Crippen LogP contribution in [0.25, 0.3) is 0 Å². The molecule has 12 unspecified atom stereocenters. The molecule has 0 aromatic carbocycles. The Labute approximate surface area is 425 Å². The van der Waals surface area contributed by atoms with Crippen molar-refractivity contribution in [2.45, 2.75) is 331 Å². The van der Waals surface area contributed by atoms with E-state index in [-0.39, 0.29) is 12.5 Å². The van der Waals surface area contributed by atoms with Crippen molar-refractivity contribution in [2.75, 3.05) is 19.8 Å². The summed E-state index contributed by atoms with van der Waals surface area (Å²) in [7, 11) is 0. The third-order valence-electron chi connectivity index (χ3n) is 14.8. The highest BCUT2D eigenvalue weighted by Crippen LogP contribution is 2.30. The molecule has 0 aromatic heterocycles. The Hall–Kier alpha value is -1.01. The summed E-state index contributed by atoms with van der Waals surface area (Å²) < 4.78 is 22.8. The number of carbonyl (C=O) groups is 1. The highest BCUT2D eigenvalue weighted by Gasteiger charge is 2.51. The van der Waals surface area contributed by atoms with Crippen LogP contribution in [0.15, 0.2) is 0 Å². The number of carbonyl (C=O) groups excluding carboxylic acids is 1. The van der Waals surface area contributed by atoms with Crippen molar-refractivity contribution in [3.8, 4) is 0 Å². The molecule has 14 heteroatoms. The van der Waals surface area contributed by atoms with Gasteiger partial charge in [0.05, 0.1) is 32.0 Å². The largest absolute Gasteiger partial charge is 0.394 e. The number of aliphatic hydroxyl groups is 8. The van der Waals surface area contributed by atoms with E-state index in [1.807, 2.05) is 0 Å². The maximum Gasteiger partial charge on any atom is 0.220 e. The molecule has 9 N–H and O–H groups in total. The predicted molar refractivity (Wildman–Crippen MR) is 277 cm³/mol. The summed E-state index contributed by atoms with van der Waals surface area (Å²) in [6, 6.07) is -0.821. The van der Waals surface area contributed by atoms with Gasteiger partial charge in [-0.05, 0) is 12.8 Å². The number of unbranched alkanes of at least 4 members (excludes halogenated alkanes) is 34. The highest BCUT2D eigenvalue weighted by atomic mass is 16.7. The maximum absolute atomic E-state index is 13.2. The van der Waals surface area contributed by atoms with Crippen LogP contribution >= 0.6 is 0 Å². The molecule has 2 aliphatic rings. The molecule has 70 heavy (non-hydrogen) atoms. The number of rotatable bonds is 47. The standard InChI is InChI=1S/C56H109NO13/c1-3-5-7-9-11-13-15-17-18-19-20-21-22-23-24-25-26-28-30-32-34-36-38-40-48(61)57-44(45(60)39-37-35-33-31-29-27-16-14-12-10-8-6-4-2)43-67-55-53(66)51(64)54(47(42-59)69-55)70-56-52(65)50(63)49(62)46(41-58)68-56/h44-47,49-56,58-60,62-66H,3-43H2,1-2H3,(H,57,61). The van der Waals surface area contributed by atoms with E-state index < -0.39 is 86.8 Å². The van der Waals surface area contributed by atoms with E-state index in [2.05, 4.69) is 19.2 Å². The molecular formula is C56H109NO13. The smallest absolute Gasteiger partial charge is 0.220 e. The molecule has 0 radical (unpaired) electrons. The fourth-order valence-electron chi connectivity index (χ4n) is 10.1. The van der Waals surface area contributed by atoms with Crippen molar-refractivity contribution >= 4 is 5.91 Å². The van der Waals surface area contributed by atoms with Gasteiger partial charge >= 0.3 is 0 Å². The molecule has 2 aliphatic heterocycles. The lowest BCUT2D eigenvalue weighted by molar-refractivity contribution is -0.359. The molecular weight excluding hydrogens is 895 g/mol. The first-order chi connectivity index (χ1) is 34.1. The molecule has 0 aliphatic carbocycles. The van der Waals surface area contributed by atoms with Crippen molar-refractivity contribution in [3.63, 3.8) is 0 Å². The van der Waals surface area contributed by atoms with Gasteiger partial charge in [-0.15, -0.1) is 0 Å². The van der Waals surface area contributed by atoms with E-state index in [0.29, 0.717) is 12.8 Å². The lowest BCUT2D eigenvalue weighted by Crippen LogP contribution is -2.65. The van der Waals surface area contributed by atoms with Crippen molar-refractivity contribution in [1.29, 1.82) is 0 Å². The minimum absolute atomic E-state index is 0.201. The molecule has 2 heterocycles. The Kier molecular flexibility index (Phi) is 40.2. The Bertz CT molecular complexity index is 1180. The van der Waals surface area contributed by atoms with E-state index in [4.69, 9.17) is 18.9 Å². The van der Waals surface area contributed by atoms with Gasteiger partial charge in [0, 0.05) is 6.42 Å². The molecule has 0 spiro atoms. The van der Waals surface area contributed by atoms with E-state index in [1.54, 1.807) is 0 Å². The van der Waals surface area contributed by atoms with Gasteiger partial charge in [-0.2, -0.15) is 0 Å². The van der Waals surface area contributed by atoms with Crippen LogP contribution < -0.4 is 5.32 Å². The molecule has 2 saturated heterocycles. The van der Waals surface area contributed by atoms with Crippen LogP contribution in [-0.2, 0) is 23.7 Å². The second-order valence-electron chi connectivity index (χ2n) is 21.1. The number of hydrogen-bond donors (Lipinski definition) is 9. The fraction of sp³-hybridized carbons (Fsp3) is 0.982. The van der Waals surface area contributed by atoms with Crippen molar-refractivity contribution in [2.24, 2.45) is 0 Å². The van der Waals surface area contributed by atoms with Gasteiger partial charge in [-0.3, -0.25) is 4.79 Å². The minimum atomic E-state index is -1.78. The van der Waals surface area contributed by atoms with Gasteiger partial charge in [0.15, 0.2) is 12.6 Å². The summed E-state index contributed by atoms with van der Waals surface area (Å²) in [5.74, 6) is -0.201. The summed E-state index contributed by atoms with van der Waals surface area (Å²) >= 11 is 0. The average Bonchev–Trinajstić information content (AvgIpc) is 3.36.